The summed E-state index contributed by atoms with van der Waals surface area (Å²) in [5.74, 6) is 0.676. The Balaban J connectivity index is 1.56. The van der Waals surface area contributed by atoms with Crippen LogP contribution in [-0.2, 0) is 14.8 Å². The van der Waals surface area contributed by atoms with Crippen molar-refractivity contribution in [1.82, 2.24) is 8.87 Å². The lowest BCUT2D eigenvalue weighted by Gasteiger charge is -2.20. The van der Waals surface area contributed by atoms with E-state index in [9.17, 15) is 18.0 Å². The quantitative estimate of drug-likeness (QED) is 0.768. The zero-order valence-electron chi connectivity index (χ0n) is 16.5. The molecule has 160 valence electrons. The van der Waals surface area contributed by atoms with Gasteiger partial charge in [0.1, 0.15) is 19.3 Å². The van der Waals surface area contributed by atoms with Gasteiger partial charge in [-0.05, 0) is 38.0 Å². The van der Waals surface area contributed by atoms with Crippen LogP contribution in [0, 0.1) is 0 Å². The molecule has 0 radical (unpaired) electrons. The second-order valence-electron chi connectivity index (χ2n) is 7.25. The molecule has 3 heterocycles. The molecule has 1 fully saturated rings. The summed E-state index contributed by atoms with van der Waals surface area (Å²) in [6.07, 6.45) is 2.87. The van der Waals surface area contributed by atoms with Crippen LogP contribution in [-0.4, -0.2) is 49.5 Å². The summed E-state index contributed by atoms with van der Waals surface area (Å²) in [4.78, 5) is 25.1. The molecular formula is C20H23N3O6S. The fraction of sp³-hybridized carbons (Fsp3) is 0.400. The van der Waals surface area contributed by atoms with Crippen LogP contribution in [0.4, 0.5) is 5.69 Å². The maximum Gasteiger partial charge on any atom is 0.251 e. The van der Waals surface area contributed by atoms with Crippen molar-refractivity contribution in [2.45, 2.75) is 30.7 Å². The first-order chi connectivity index (χ1) is 14.4. The number of hydrogen-bond acceptors (Lipinski definition) is 6. The first-order valence-electron chi connectivity index (χ1n) is 9.79. The van der Waals surface area contributed by atoms with Gasteiger partial charge in [0.2, 0.25) is 15.9 Å². The number of fused-ring (bicyclic) bond motifs is 1. The Morgan fingerprint density at radius 3 is 2.50 bits per heavy atom. The van der Waals surface area contributed by atoms with Gasteiger partial charge in [-0.3, -0.25) is 9.59 Å². The lowest BCUT2D eigenvalue weighted by Crippen LogP contribution is -2.33. The van der Waals surface area contributed by atoms with Gasteiger partial charge in [0, 0.05) is 37.1 Å². The lowest BCUT2D eigenvalue weighted by atomic mass is 10.2. The second kappa shape index (κ2) is 8.11. The Labute approximate surface area is 174 Å². The molecule has 0 aliphatic carbocycles. The van der Waals surface area contributed by atoms with Crippen LogP contribution in [0.15, 0.2) is 46.2 Å². The van der Waals surface area contributed by atoms with Gasteiger partial charge < -0.3 is 19.4 Å². The van der Waals surface area contributed by atoms with E-state index in [1.54, 1.807) is 25.1 Å². The molecule has 2 aliphatic heterocycles. The number of carbonyl (C=O) groups is 1. The van der Waals surface area contributed by atoms with E-state index in [4.69, 9.17) is 9.47 Å². The van der Waals surface area contributed by atoms with E-state index in [0.29, 0.717) is 43.5 Å². The average molecular weight is 433 g/mol. The molecule has 9 nitrogen and oxygen atoms in total. The van der Waals surface area contributed by atoms with Gasteiger partial charge in [-0.2, -0.15) is 4.31 Å². The van der Waals surface area contributed by atoms with Crippen LogP contribution in [0.2, 0.25) is 0 Å². The van der Waals surface area contributed by atoms with E-state index in [1.165, 1.54) is 22.6 Å². The minimum Gasteiger partial charge on any atom is -0.486 e. The standard InChI is InChI=1S/C20H23N3O6S/c1-14(20(25)21-15-4-6-17-18(12-15)29-11-10-28-17)23-13-16(5-7-19(23)24)30(26,27)22-8-2-3-9-22/h4-7,12-14H,2-3,8-11H2,1H3,(H,21,25)/t14-/m1/s1. The van der Waals surface area contributed by atoms with Crippen LogP contribution in [0.25, 0.3) is 0 Å². The highest BCUT2D eigenvalue weighted by atomic mass is 32.2. The Kier molecular flexibility index (Phi) is 5.52. The molecule has 1 saturated heterocycles. The van der Waals surface area contributed by atoms with Gasteiger partial charge in [-0.25, -0.2) is 8.42 Å². The van der Waals surface area contributed by atoms with Crippen molar-refractivity contribution >= 4 is 21.6 Å². The van der Waals surface area contributed by atoms with E-state index < -0.39 is 27.5 Å². The molecule has 0 bridgehead atoms. The number of amides is 1. The van der Waals surface area contributed by atoms with E-state index >= 15 is 0 Å². The summed E-state index contributed by atoms with van der Waals surface area (Å²) in [7, 11) is -3.69. The number of hydrogen-bond donors (Lipinski definition) is 1. The third kappa shape index (κ3) is 3.92. The second-order valence-corrected chi connectivity index (χ2v) is 9.18. The number of carbonyl (C=O) groups excluding carboxylic acids is 1. The van der Waals surface area contributed by atoms with Crippen molar-refractivity contribution in [2.24, 2.45) is 0 Å². The molecular weight excluding hydrogens is 410 g/mol. The Morgan fingerprint density at radius 2 is 1.77 bits per heavy atom. The fourth-order valence-electron chi connectivity index (χ4n) is 3.51. The predicted octanol–water partition coefficient (Wildman–Crippen LogP) is 1.60. The van der Waals surface area contributed by atoms with Crippen molar-refractivity contribution in [1.29, 1.82) is 0 Å². The summed E-state index contributed by atoms with van der Waals surface area (Å²) in [5.41, 5.74) is 0.0326. The zero-order chi connectivity index (χ0) is 21.3. The topological polar surface area (TPSA) is 107 Å². The molecule has 2 aliphatic rings. The first kappa shape index (κ1) is 20.4. The fourth-order valence-corrected chi connectivity index (χ4v) is 5.03. The van der Waals surface area contributed by atoms with Crippen LogP contribution in [0.1, 0.15) is 25.8 Å². The normalized spacial score (nSPS) is 17.5. The summed E-state index contributed by atoms with van der Waals surface area (Å²) >= 11 is 0. The molecule has 4 rings (SSSR count). The van der Waals surface area contributed by atoms with Crippen LogP contribution in [0.5, 0.6) is 11.5 Å². The number of nitrogens with one attached hydrogen (secondary N) is 1. The van der Waals surface area contributed by atoms with Crippen LogP contribution >= 0.6 is 0 Å². The number of rotatable bonds is 5. The van der Waals surface area contributed by atoms with Crippen molar-refractivity contribution < 1.29 is 22.7 Å². The number of anilines is 1. The van der Waals surface area contributed by atoms with E-state index in [1.807, 2.05) is 0 Å². The molecule has 1 N–H and O–H groups in total. The van der Waals surface area contributed by atoms with Gasteiger partial charge in [0.15, 0.2) is 11.5 Å². The molecule has 10 heteroatoms. The summed E-state index contributed by atoms with van der Waals surface area (Å²) in [6.45, 7) is 3.36. The highest BCUT2D eigenvalue weighted by Crippen LogP contribution is 2.32. The van der Waals surface area contributed by atoms with Gasteiger partial charge in [0.25, 0.3) is 5.56 Å². The molecule has 1 amide bonds. The Bertz CT molecular complexity index is 1120. The smallest absolute Gasteiger partial charge is 0.251 e. The maximum atomic E-state index is 12.8. The van der Waals surface area contributed by atoms with Gasteiger partial charge in [0.05, 0.1) is 4.90 Å². The van der Waals surface area contributed by atoms with Crippen molar-refractivity contribution in [2.75, 3.05) is 31.6 Å². The van der Waals surface area contributed by atoms with Crippen molar-refractivity contribution in [3.8, 4) is 11.5 Å². The number of ether oxygens (including phenoxy) is 2. The minimum absolute atomic E-state index is 0.00276. The third-order valence-corrected chi connectivity index (χ3v) is 7.10. The van der Waals surface area contributed by atoms with Crippen molar-refractivity contribution in [3.05, 3.63) is 46.9 Å². The SMILES string of the molecule is C[C@H](C(=O)Nc1ccc2c(c1)OCCO2)n1cc(S(=O)(=O)N2CCCC2)ccc1=O. The summed E-state index contributed by atoms with van der Waals surface area (Å²) in [5, 5.41) is 2.74. The maximum absolute atomic E-state index is 12.8. The molecule has 0 unspecified atom stereocenters. The number of aromatic nitrogens is 1. The average Bonchev–Trinajstić information content (AvgIpc) is 3.29. The number of benzene rings is 1. The Morgan fingerprint density at radius 1 is 1.07 bits per heavy atom. The summed E-state index contributed by atoms with van der Waals surface area (Å²) < 4.78 is 39.1. The van der Waals surface area contributed by atoms with Crippen LogP contribution < -0.4 is 20.3 Å². The number of sulfonamides is 1. The molecule has 1 aromatic heterocycles. The van der Waals surface area contributed by atoms with Gasteiger partial charge in [-0.15, -0.1) is 0 Å². The molecule has 2 aromatic rings. The Hall–Kier alpha value is -2.85. The van der Waals surface area contributed by atoms with E-state index in [0.717, 1.165) is 17.4 Å². The molecule has 0 saturated carbocycles. The molecule has 0 spiro atoms. The molecule has 1 aromatic carbocycles. The molecule has 1 atom stereocenters. The predicted molar refractivity (Wildman–Crippen MR) is 109 cm³/mol. The minimum atomic E-state index is -3.69. The number of nitrogens with zero attached hydrogens (tertiary/aromatic N) is 2. The van der Waals surface area contributed by atoms with Crippen molar-refractivity contribution in [3.63, 3.8) is 0 Å². The lowest BCUT2D eigenvalue weighted by molar-refractivity contribution is -0.118. The van der Waals surface area contributed by atoms with E-state index in [2.05, 4.69) is 5.32 Å². The summed E-state index contributed by atoms with van der Waals surface area (Å²) in [6, 6.07) is 6.57. The number of pyridine rings is 1. The van der Waals surface area contributed by atoms with E-state index in [-0.39, 0.29) is 4.90 Å². The van der Waals surface area contributed by atoms with Gasteiger partial charge in [-0.1, -0.05) is 0 Å². The largest absolute Gasteiger partial charge is 0.486 e. The van der Waals surface area contributed by atoms with Crippen LogP contribution in [0.3, 0.4) is 0 Å². The third-order valence-electron chi connectivity index (χ3n) is 5.22. The zero-order valence-corrected chi connectivity index (χ0v) is 17.4. The monoisotopic (exact) mass is 433 g/mol. The molecule has 30 heavy (non-hydrogen) atoms. The first-order valence-corrected chi connectivity index (χ1v) is 11.2. The highest BCUT2D eigenvalue weighted by Gasteiger charge is 2.28. The van der Waals surface area contributed by atoms with Gasteiger partial charge >= 0.3 is 0 Å². The highest BCUT2D eigenvalue weighted by molar-refractivity contribution is 7.89.